The molecule has 1 aromatic heterocycles. The molecule has 0 spiro atoms. The van der Waals surface area contributed by atoms with Gasteiger partial charge >= 0.3 is 5.97 Å². The number of rotatable bonds is 7. The van der Waals surface area contributed by atoms with E-state index in [1.807, 2.05) is 0 Å². The molecule has 8 nitrogen and oxygen atoms in total. The molecule has 4 atom stereocenters. The van der Waals surface area contributed by atoms with Gasteiger partial charge in [0.05, 0.1) is 12.5 Å². The number of nitrogens with zero attached hydrogens (tertiary/aromatic N) is 3. The highest BCUT2D eigenvalue weighted by molar-refractivity contribution is 5.71. The van der Waals surface area contributed by atoms with Crippen LogP contribution in [-0.4, -0.2) is 58.0 Å². The number of carbonyl (C=O) groups is 1. The standard InChI is InChI=1S/C19H25N5O3/c25-19(26)17(15-6-8-27-11-15)16(18-21-23-24-22-18)9-12-1-3-13(4-2-12)14-5-7-20-10-14/h1-4,14-17,20H,5-11H2,(H,25,26)(H,21,22,23,24). The summed E-state index contributed by atoms with van der Waals surface area (Å²) in [4.78, 5) is 12.1. The molecule has 4 rings (SSSR count). The largest absolute Gasteiger partial charge is 0.481 e. The Kier molecular flexibility index (Phi) is 5.45. The molecule has 2 fully saturated rings. The van der Waals surface area contributed by atoms with Crippen molar-refractivity contribution in [1.82, 2.24) is 25.9 Å². The predicted molar refractivity (Wildman–Crippen MR) is 97.3 cm³/mol. The average molecular weight is 371 g/mol. The SMILES string of the molecule is O=C(O)C(C1CCOC1)C(Cc1ccc(C2CCNC2)cc1)c1nn[nH]n1. The van der Waals surface area contributed by atoms with E-state index < -0.39 is 11.9 Å². The molecule has 0 amide bonds. The van der Waals surface area contributed by atoms with Gasteiger partial charge in [0, 0.05) is 19.1 Å². The third-order valence-corrected chi connectivity index (χ3v) is 5.85. The molecule has 4 unspecified atom stereocenters. The Balaban J connectivity index is 1.56. The van der Waals surface area contributed by atoms with Crippen LogP contribution >= 0.6 is 0 Å². The van der Waals surface area contributed by atoms with E-state index in [-0.39, 0.29) is 11.8 Å². The van der Waals surface area contributed by atoms with Crippen molar-refractivity contribution >= 4 is 5.97 Å². The van der Waals surface area contributed by atoms with E-state index in [1.54, 1.807) is 0 Å². The number of carboxylic acid groups (broad SMARTS) is 1. The molecule has 0 aliphatic carbocycles. The lowest BCUT2D eigenvalue weighted by atomic mass is 9.77. The summed E-state index contributed by atoms with van der Waals surface area (Å²) in [5.74, 6) is -0.771. The second kappa shape index (κ2) is 8.14. The first-order chi connectivity index (χ1) is 13.2. The van der Waals surface area contributed by atoms with Crippen LogP contribution in [0.3, 0.4) is 0 Å². The minimum absolute atomic E-state index is 0.0326. The summed E-state index contributed by atoms with van der Waals surface area (Å²) in [5.41, 5.74) is 2.42. The molecule has 3 heterocycles. The highest BCUT2D eigenvalue weighted by Crippen LogP contribution is 2.36. The summed E-state index contributed by atoms with van der Waals surface area (Å²) >= 11 is 0. The summed E-state index contributed by atoms with van der Waals surface area (Å²) < 4.78 is 5.45. The van der Waals surface area contributed by atoms with Crippen LogP contribution in [0.15, 0.2) is 24.3 Å². The van der Waals surface area contributed by atoms with Crippen LogP contribution in [-0.2, 0) is 16.0 Å². The van der Waals surface area contributed by atoms with Crippen molar-refractivity contribution in [1.29, 1.82) is 0 Å². The van der Waals surface area contributed by atoms with Gasteiger partial charge in [-0.25, -0.2) is 0 Å². The highest BCUT2D eigenvalue weighted by atomic mass is 16.5. The normalized spacial score (nSPS) is 24.7. The monoisotopic (exact) mass is 371 g/mol. The molecule has 2 saturated heterocycles. The number of aromatic nitrogens is 4. The van der Waals surface area contributed by atoms with Crippen molar-refractivity contribution in [3.63, 3.8) is 0 Å². The van der Waals surface area contributed by atoms with Crippen molar-refractivity contribution in [3.05, 3.63) is 41.2 Å². The average Bonchev–Trinajstić information content (AvgIpc) is 3.43. The van der Waals surface area contributed by atoms with E-state index in [0.717, 1.165) is 31.5 Å². The van der Waals surface area contributed by atoms with Gasteiger partial charge in [0.25, 0.3) is 0 Å². The molecule has 0 radical (unpaired) electrons. The number of tetrazole rings is 1. The lowest BCUT2D eigenvalue weighted by Gasteiger charge is -2.25. The third-order valence-electron chi connectivity index (χ3n) is 5.85. The van der Waals surface area contributed by atoms with E-state index >= 15 is 0 Å². The van der Waals surface area contributed by atoms with Gasteiger partial charge < -0.3 is 15.2 Å². The minimum Gasteiger partial charge on any atom is -0.481 e. The maximum absolute atomic E-state index is 12.1. The summed E-state index contributed by atoms with van der Waals surface area (Å²) in [6, 6.07) is 8.53. The molecule has 2 aromatic rings. The van der Waals surface area contributed by atoms with Crippen LogP contribution in [0, 0.1) is 11.8 Å². The van der Waals surface area contributed by atoms with Crippen LogP contribution in [0.4, 0.5) is 0 Å². The summed E-state index contributed by atoms with van der Waals surface area (Å²) in [5, 5.41) is 27.6. The number of nitrogens with one attached hydrogen (secondary N) is 2. The molecule has 8 heteroatoms. The molecule has 0 bridgehead atoms. The second-order valence-corrected chi connectivity index (χ2v) is 7.50. The quantitative estimate of drug-likeness (QED) is 0.673. The van der Waals surface area contributed by atoms with Crippen LogP contribution in [0.1, 0.15) is 41.6 Å². The van der Waals surface area contributed by atoms with Gasteiger partial charge in [-0.3, -0.25) is 4.79 Å². The minimum atomic E-state index is -0.825. The number of benzene rings is 1. The zero-order chi connectivity index (χ0) is 18.6. The van der Waals surface area contributed by atoms with E-state index in [4.69, 9.17) is 4.74 Å². The fourth-order valence-corrected chi connectivity index (χ4v) is 4.36. The number of aliphatic carboxylic acids is 1. The molecule has 27 heavy (non-hydrogen) atoms. The predicted octanol–water partition coefficient (Wildman–Crippen LogP) is 1.34. The smallest absolute Gasteiger partial charge is 0.307 e. The van der Waals surface area contributed by atoms with E-state index in [2.05, 4.69) is 50.2 Å². The summed E-state index contributed by atoms with van der Waals surface area (Å²) in [7, 11) is 0. The summed E-state index contributed by atoms with van der Waals surface area (Å²) in [6.07, 6.45) is 2.47. The van der Waals surface area contributed by atoms with Gasteiger partial charge in [-0.1, -0.05) is 29.5 Å². The van der Waals surface area contributed by atoms with Crippen molar-refractivity contribution in [3.8, 4) is 0 Å². The Bertz CT molecular complexity index is 737. The molecule has 0 saturated carbocycles. The topological polar surface area (TPSA) is 113 Å². The van der Waals surface area contributed by atoms with E-state index in [0.29, 0.717) is 31.4 Å². The maximum Gasteiger partial charge on any atom is 0.307 e. The lowest BCUT2D eigenvalue weighted by Crippen LogP contribution is -2.32. The Labute approximate surface area is 157 Å². The lowest BCUT2D eigenvalue weighted by molar-refractivity contribution is -0.144. The highest BCUT2D eigenvalue weighted by Gasteiger charge is 2.40. The molecule has 2 aliphatic heterocycles. The Hall–Kier alpha value is -2.32. The molecular formula is C19H25N5O3. The number of carboxylic acids is 1. The van der Waals surface area contributed by atoms with Gasteiger partial charge in [0.2, 0.25) is 0 Å². The number of hydrogen-bond donors (Lipinski definition) is 3. The van der Waals surface area contributed by atoms with Gasteiger partial charge in [0.1, 0.15) is 0 Å². The first-order valence-corrected chi connectivity index (χ1v) is 9.56. The summed E-state index contributed by atoms with van der Waals surface area (Å²) in [6.45, 7) is 3.17. The second-order valence-electron chi connectivity index (χ2n) is 7.50. The van der Waals surface area contributed by atoms with E-state index in [1.165, 1.54) is 5.56 Å². The Morgan fingerprint density at radius 2 is 2.15 bits per heavy atom. The van der Waals surface area contributed by atoms with Crippen LogP contribution in [0.5, 0.6) is 0 Å². The number of hydrogen-bond acceptors (Lipinski definition) is 6. The number of aromatic amines is 1. The van der Waals surface area contributed by atoms with Crippen molar-refractivity contribution in [2.75, 3.05) is 26.3 Å². The zero-order valence-corrected chi connectivity index (χ0v) is 15.2. The fourth-order valence-electron chi connectivity index (χ4n) is 4.36. The van der Waals surface area contributed by atoms with Gasteiger partial charge in [-0.15, -0.1) is 10.2 Å². The molecular weight excluding hydrogens is 346 g/mol. The number of H-pyrrole nitrogens is 1. The van der Waals surface area contributed by atoms with Gasteiger partial charge in [-0.05, 0) is 48.8 Å². The van der Waals surface area contributed by atoms with Crippen LogP contribution < -0.4 is 5.32 Å². The molecule has 3 N–H and O–H groups in total. The van der Waals surface area contributed by atoms with Gasteiger partial charge in [0.15, 0.2) is 5.82 Å². The van der Waals surface area contributed by atoms with Gasteiger partial charge in [-0.2, -0.15) is 5.21 Å². The molecule has 2 aliphatic rings. The fraction of sp³-hybridized carbons (Fsp3) is 0.579. The Morgan fingerprint density at radius 3 is 2.74 bits per heavy atom. The number of ether oxygens (including phenoxy) is 1. The third kappa shape index (κ3) is 4.01. The van der Waals surface area contributed by atoms with Crippen LogP contribution in [0.2, 0.25) is 0 Å². The van der Waals surface area contributed by atoms with Crippen molar-refractivity contribution < 1.29 is 14.6 Å². The molecule has 1 aromatic carbocycles. The zero-order valence-electron chi connectivity index (χ0n) is 15.2. The first kappa shape index (κ1) is 18.1. The Morgan fingerprint density at radius 1 is 1.30 bits per heavy atom. The molecule has 144 valence electrons. The van der Waals surface area contributed by atoms with Crippen molar-refractivity contribution in [2.24, 2.45) is 11.8 Å². The van der Waals surface area contributed by atoms with E-state index in [9.17, 15) is 9.90 Å². The van der Waals surface area contributed by atoms with Crippen molar-refractivity contribution in [2.45, 2.75) is 31.1 Å². The first-order valence-electron chi connectivity index (χ1n) is 9.56. The van der Waals surface area contributed by atoms with Crippen LogP contribution in [0.25, 0.3) is 0 Å². The maximum atomic E-state index is 12.1.